The van der Waals surface area contributed by atoms with E-state index < -0.39 is 5.60 Å². The van der Waals surface area contributed by atoms with Crippen molar-refractivity contribution in [1.29, 1.82) is 0 Å². The summed E-state index contributed by atoms with van der Waals surface area (Å²) >= 11 is 0. The van der Waals surface area contributed by atoms with Crippen molar-refractivity contribution in [3.63, 3.8) is 0 Å². The molecule has 1 amide bonds. The Bertz CT molecular complexity index is 516. The molecule has 1 aromatic carbocycles. The normalized spacial score (nSPS) is 14.4. The molecule has 0 aliphatic carbocycles. The second-order valence-electron chi connectivity index (χ2n) is 6.51. The molecule has 0 radical (unpaired) electrons. The van der Waals surface area contributed by atoms with Gasteiger partial charge in [-0.25, -0.2) is 0 Å². The van der Waals surface area contributed by atoms with E-state index in [9.17, 15) is 9.90 Å². The molecule has 3 nitrogen and oxygen atoms in total. The standard InChI is InChI=1S/C18H27NO2/c1-13(2)11-18(5,21)12-19-17(20)9-8-16-7-6-14(3)10-15(16)4/h6-10,13,21H,11-12H2,1-5H3,(H,19,20). The number of amides is 1. The maximum Gasteiger partial charge on any atom is 0.244 e. The fourth-order valence-corrected chi connectivity index (χ4v) is 2.47. The fourth-order valence-electron chi connectivity index (χ4n) is 2.47. The zero-order chi connectivity index (χ0) is 16.0. The highest BCUT2D eigenvalue weighted by Gasteiger charge is 2.21. The van der Waals surface area contributed by atoms with E-state index in [1.54, 1.807) is 13.0 Å². The number of carbonyl (C=O) groups excluding carboxylic acids is 1. The van der Waals surface area contributed by atoms with E-state index in [0.717, 1.165) is 11.1 Å². The van der Waals surface area contributed by atoms with Crippen LogP contribution < -0.4 is 5.32 Å². The number of benzene rings is 1. The Morgan fingerprint density at radius 2 is 2.05 bits per heavy atom. The molecule has 1 atom stereocenters. The zero-order valence-electron chi connectivity index (χ0n) is 13.7. The summed E-state index contributed by atoms with van der Waals surface area (Å²) in [7, 11) is 0. The van der Waals surface area contributed by atoms with Gasteiger partial charge in [0.15, 0.2) is 0 Å². The monoisotopic (exact) mass is 289 g/mol. The van der Waals surface area contributed by atoms with Crippen LogP contribution in [0.1, 0.15) is 43.9 Å². The lowest BCUT2D eigenvalue weighted by Gasteiger charge is -2.25. The second-order valence-corrected chi connectivity index (χ2v) is 6.51. The minimum Gasteiger partial charge on any atom is -0.388 e. The number of hydrogen-bond donors (Lipinski definition) is 2. The van der Waals surface area contributed by atoms with Gasteiger partial charge in [-0.2, -0.15) is 0 Å². The van der Waals surface area contributed by atoms with E-state index in [-0.39, 0.29) is 12.5 Å². The summed E-state index contributed by atoms with van der Waals surface area (Å²) in [5.41, 5.74) is 2.52. The van der Waals surface area contributed by atoms with Crippen molar-refractivity contribution in [1.82, 2.24) is 5.32 Å². The van der Waals surface area contributed by atoms with E-state index in [2.05, 4.69) is 25.2 Å². The molecule has 0 saturated heterocycles. The van der Waals surface area contributed by atoms with Crippen LogP contribution in [-0.4, -0.2) is 23.2 Å². The van der Waals surface area contributed by atoms with Crippen molar-refractivity contribution in [2.24, 2.45) is 5.92 Å². The number of carbonyl (C=O) groups is 1. The number of hydrogen-bond acceptors (Lipinski definition) is 2. The summed E-state index contributed by atoms with van der Waals surface area (Å²) in [4.78, 5) is 11.8. The molecule has 21 heavy (non-hydrogen) atoms. The predicted molar refractivity (Wildman–Crippen MR) is 88.0 cm³/mol. The minimum absolute atomic E-state index is 0.181. The first-order valence-corrected chi connectivity index (χ1v) is 7.45. The Labute approximate surface area is 128 Å². The van der Waals surface area contributed by atoms with Crippen LogP contribution in [0.3, 0.4) is 0 Å². The average Bonchev–Trinajstić information content (AvgIpc) is 2.34. The highest BCUT2D eigenvalue weighted by Crippen LogP contribution is 2.15. The first kappa shape index (κ1) is 17.4. The van der Waals surface area contributed by atoms with Crippen LogP contribution >= 0.6 is 0 Å². The van der Waals surface area contributed by atoms with E-state index >= 15 is 0 Å². The summed E-state index contributed by atoms with van der Waals surface area (Å²) in [5, 5.41) is 12.9. The molecule has 3 heteroatoms. The lowest BCUT2D eigenvalue weighted by atomic mass is 9.94. The lowest BCUT2D eigenvalue weighted by Crippen LogP contribution is -2.40. The van der Waals surface area contributed by atoms with Gasteiger partial charge in [-0.05, 0) is 50.3 Å². The maximum atomic E-state index is 11.8. The molecular weight excluding hydrogens is 262 g/mol. The molecular formula is C18H27NO2. The smallest absolute Gasteiger partial charge is 0.244 e. The van der Waals surface area contributed by atoms with E-state index in [1.165, 1.54) is 11.6 Å². The molecule has 2 N–H and O–H groups in total. The summed E-state index contributed by atoms with van der Waals surface area (Å²) in [6, 6.07) is 6.12. The molecule has 1 unspecified atom stereocenters. The van der Waals surface area contributed by atoms with Crippen LogP contribution in [0.5, 0.6) is 0 Å². The fraction of sp³-hybridized carbons (Fsp3) is 0.500. The molecule has 1 aromatic rings. The van der Waals surface area contributed by atoms with Crippen molar-refractivity contribution < 1.29 is 9.90 Å². The highest BCUT2D eigenvalue weighted by molar-refractivity contribution is 5.91. The first-order chi connectivity index (χ1) is 9.69. The molecule has 0 aliphatic rings. The summed E-state index contributed by atoms with van der Waals surface area (Å²) in [6.45, 7) is 10.2. The average molecular weight is 289 g/mol. The Hall–Kier alpha value is -1.61. The minimum atomic E-state index is -0.864. The molecule has 0 heterocycles. The first-order valence-electron chi connectivity index (χ1n) is 7.45. The van der Waals surface area contributed by atoms with Crippen LogP contribution in [0.2, 0.25) is 0 Å². The third kappa shape index (κ3) is 6.58. The SMILES string of the molecule is Cc1ccc(C=CC(=O)NCC(C)(O)CC(C)C)c(C)c1. The van der Waals surface area contributed by atoms with Gasteiger partial charge in [0, 0.05) is 12.6 Å². The van der Waals surface area contributed by atoms with Crippen molar-refractivity contribution in [2.45, 2.75) is 46.6 Å². The topological polar surface area (TPSA) is 49.3 Å². The highest BCUT2D eigenvalue weighted by atomic mass is 16.3. The molecule has 0 fully saturated rings. The van der Waals surface area contributed by atoms with Gasteiger partial charge in [-0.15, -0.1) is 0 Å². The number of rotatable bonds is 6. The van der Waals surface area contributed by atoms with Gasteiger partial charge >= 0.3 is 0 Å². The maximum absolute atomic E-state index is 11.8. The molecule has 1 rings (SSSR count). The Morgan fingerprint density at radius 1 is 1.38 bits per heavy atom. The lowest BCUT2D eigenvalue weighted by molar-refractivity contribution is -0.117. The zero-order valence-corrected chi connectivity index (χ0v) is 13.7. The van der Waals surface area contributed by atoms with Gasteiger partial charge in [0.25, 0.3) is 0 Å². The third-order valence-corrected chi connectivity index (χ3v) is 3.33. The van der Waals surface area contributed by atoms with Gasteiger partial charge in [-0.3, -0.25) is 4.79 Å². The molecule has 116 valence electrons. The van der Waals surface area contributed by atoms with E-state index in [1.807, 2.05) is 26.0 Å². The van der Waals surface area contributed by atoms with Crippen LogP contribution in [0.15, 0.2) is 24.3 Å². The van der Waals surface area contributed by atoms with Gasteiger partial charge in [-0.1, -0.05) is 37.6 Å². The van der Waals surface area contributed by atoms with Crippen LogP contribution in [0.25, 0.3) is 6.08 Å². The molecule has 0 aliphatic heterocycles. The largest absolute Gasteiger partial charge is 0.388 e. The van der Waals surface area contributed by atoms with E-state index in [4.69, 9.17) is 0 Å². The van der Waals surface area contributed by atoms with Crippen LogP contribution in [-0.2, 0) is 4.79 Å². The molecule has 0 bridgehead atoms. The predicted octanol–water partition coefficient (Wildman–Crippen LogP) is 3.23. The van der Waals surface area contributed by atoms with Crippen molar-refractivity contribution >= 4 is 12.0 Å². The Kier molecular flexibility index (Phi) is 6.16. The van der Waals surface area contributed by atoms with Crippen molar-refractivity contribution in [3.05, 3.63) is 41.0 Å². The number of nitrogens with one attached hydrogen (secondary N) is 1. The Morgan fingerprint density at radius 3 is 2.62 bits per heavy atom. The second kappa shape index (κ2) is 7.41. The quantitative estimate of drug-likeness (QED) is 0.790. The molecule has 0 aromatic heterocycles. The molecule has 0 saturated carbocycles. The van der Waals surface area contributed by atoms with Gasteiger partial charge in [0.05, 0.1) is 5.60 Å². The molecule has 0 spiro atoms. The van der Waals surface area contributed by atoms with Crippen LogP contribution in [0, 0.1) is 19.8 Å². The van der Waals surface area contributed by atoms with Crippen molar-refractivity contribution in [3.8, 4) is 0 Å². The summed E-state index contributed by atoms with van der Waals surface area (Å²) in [5.74, 6) is 0.210. The number of aryl methyl sites for hydroxylation is 2. The summed E-state index contributed by atoms with van der Waals surface area (Å²) < 4.78 is 0. The summed E-state index contributed by atoms with van der Waals surface area (Å²) in [6.07, 6.45) is 3.98. The van der Waals surface area contributed by atoms with Crippen LogP contribution in [0.4, 0.5) is 0 Å². The number of aliphatic hydroxyl groups is 1. The third-order valence-electron chi connectivity index (χ3n) is 3.33. The Balaban J connectivity index is 2.55. The van der Waals surface area contributed by atoms with Gasteiger partial charge < -0.3 is 10.4 Å². The van der Waals surface area contributed by atoms with Gasteiger partial charge in [0.2, 0.25) is 5.91 Å². The van der Waals surface area contributed by atoms with E-state index in [0.29, 0.717) is 12.3 Å². The van der Waals surface area contributed by atoms with Gasteiger partial charge in [0.1, 0.15) is 0 Å². The van der Waals surface area contributed by atoms with Crippen molar-refractivity contribution in [2.75, 3.05) is 6.54 Å².